The summed E-state index contributed by atoms with van der Waals surface area (Å²) >= 11 is 0. The molecule has 0 bridgehead atoms. The van der Waals surface area contributed by atoms with Gasteiger partial charge in [-0.2, -0.15) is 0 Å². The van der Waals surface area contributed by atoms with Gasteiger partial charge in [0.1, 0.15) is 5.75 Å². The summed E-state index contributed by atoms with van der Waals surface area (Å²) in [5.74, 6) is 0.925. The number of benzene rings is 1. The van der Waals surface area contributed by atoms with E-state index in [1.54, 1.807) is 19.2 Å². The van der Waals surface area contributed by atoms with E-state index < -0.39 is 0 Å². The molecule has 0 heterocycles. The van der Waals surface area contributed by atoms with Crippen LogP contribution in [0.1, 0.15) is 19.8 Å². The molecular weight excluding hydrogens is 244 g/mol. The molecule has 2 amide bonds. The van der Waals surface area contributed by atoms with Gasteiger partial charge in [0.15, 0.2) is 0 Å². The summed E-state index contributed by atoms with van der Waals surface area (Å²) in [7, 11) is 1.56. The van der Waals surface area contributed by atoms with E-state index in [2.05, 4.69) is 10.6 Å². The van der Waals surface area contributed by atoms with Crippen molar-refractivity contribution in [3.8, 4) is 5.75 Å². The Kier molecular flexibility index (Phi) is 6.74. The van der Waals surface area contributed by atoms with Gasteiger partial charge < -0.3 is 20.5 Å². The van der Waals surface area contributed by atoms with E-state index in [1.165, 1.54) is 0 Å². The van der Waals surface area contributed by atoms with Gasteiger partial charge in [-0.05, 0) is 24.5 Å². The molecule has 1 atom stereocenters. The minimum absolute atomic E-state index is 0.147. The molecule has 0 radical (unpaired) electrons. The van der Waals surface area contributed by atoms with Crippen LogP contribution in [0.5, 0.6) is 5.75 Å². The Morgan fingerprint density at radius 3 is 2.79 bits per heavy atom. The lowest BCUT2D eigenvalue weighted by Crippen LogP contribution is -2.33. The summed E-state index contributed by atoms with van der Waals surface area (Å²) in [4.78, 5) is 11.8. The fraction of sp³-hybridized carbons (Fsp3) is 0.500. The quantitative estimate of drug-likeness (QED) is 0.708. The van der Waals surface area contributed by atoms with Gasteiger partial charge in [0.2, 0.25) is 0 Å². The molecule has 1 aromatic carbocycles. The monoisotopic (exact) mass is 266 g/mol. The van der Waals surface area contributed by atoms with Crippen LogP contribution in [0.15, 0.2) is 24.3 Å². The number of methoxy groups -OCH3 is 1. The zero-order valence-electron chi connectivity index (χ0n) is 11.5. The highest BCUT2D eigenvalue weighted by molar-refractivity contribution is 5.90. The minimum Gasteiger partial charge on any atom is -0.495 e. The van der Waals surface area contributed by atoms with E-state index in [0.717, 1.165) is 6.42 Å². The molecule has 1 rings (SSSR count). The van der Waals surface area contributed by atoms with Crippen LogP contribution in [-0.2, 0) is 0 Å². The number of ether oxygens (including phenoxy) is 1. The van der Waals surface area contributed by atoms with E-state index in [9.17, 15) is 4.79 Å². The summed E-state index contributed by atoms with van der Waals surface area (Å²) in [6, 6.07) is 6.98. The first kappa shape index (κ1) is 15.3. The van der Waals surface area contributed by atoms with Crippen LogP contribution in [0.2, 0.25) is 0 Å². The number of hydrogen-bond donors (Lipinski definition) is 3. The molecule has 5 nitrogen and oxygen atoms in total. The van der Waals surface area contributed by atoms with E-state index in [-0.39, 0.29) is 12.6 Å². The molecule has 0 aliphatic rings. The van der Waals surface area contributed by atoms with Gasteiger partial charge in [0.05, 0.1) is 12.8 Å². The number of anilines is 1. The Balaban J connectivity index is 2.46. The second kappa shape index (κ2) is 8.37. The van der Waals surface area contributed by atoms with Crippen LogP contribution in [0.4, 0.5) is 10.5 Å². The van der Waals surface area contributed by atoms with Crippen LogP contribution in [-0.4, -0.2) is 31.4 Å². The number of hydrogen-bond acceptors (Lipinski definition) is 3. The van der Waals surface area contributed by atoms with Crippen molar-refractivity contribution in [2.24, 2.45) is 5.92 Å². The van der Waals surface area contributed by atoms with E-state index in [4.69, 9.17) is 9.84 Å². The number of para-hydroxylation sites is 2. The largest absolute Gasteiger partial charge is 0.495 e. The molecule has 0 saturated heterocycles. The molecule has 19 heavy (non-hydrogen) atoms. The van der Waals surface area contributed by atoms with Crippen LogP contribution >= 0.6 is 0 Å². The van der Waals surface area contributed by atoms with Crippen LogP contribution in [0.3, 0.4) is 0 Å². The number of carbonyl (C=O) groups is 1. The number of rotatable bonds is 7. The van der Waals surface area contributed by atoms with Crippen molar-refractivity contribution in [3.05, 3.63) is 24.3 Å². The van der Waals surface area contributed by atoms with E-state index in [1.807, 2.05) is 19.1 Å². The normalized spacial score (nSPS) is 11.7. The van der Waals surface area contributed by atoms with Gasteiger partial charge in [-0.1, -0.05) is 25.5 Å². The Morgan fingerprint density at radius 1 is 1.42 bits per heavy atom. The number of aliphatic hydroxyl groups excluding tert-OH is 1. The van der Waals surface area contributed by atoms with Crippen molar-refractivity contribution in [2.45, 2.75) is 19.8 Å². The summed E-state index contributed by atoms with van der Waals surface area (Å²) in [5.41, 5.74) is 0.637. The molecule has 0 aliphatic carbocycles. The Morgan fingerprint density at radius 2 is 2.16 bits per heavy atom. The maximum absolute atomic E-state index is 11.8. The van der Waals surface area contributed by atoms with Crippen LogP contribution < -0.4 is 15.4 Å². The lowest BCUT2D eigenvalue weighted by Gasteiger charge is -2.15. The maximum Gasteiger partial charge on any atom is 0.319 e. The van der Waals surface area contributed by atoms with Crippen molar-refractivity contribution >= 4 is 11.7 Å². The fourth-order valence-electron chi connectivity index (χ4n) is 1.78. The Bertz CT molecular complexity index is 396. The van der Waals surface area contributed by atoms with E-state index >= 15 is 0 Å². The predicted molar refractivity (Wildman–Crippen MR) is 75.5 cm³/mol. The summed E-state index contributed by atoms with van der Waals surface area (Å²) in [6.07, 6.45) is 1.63. The van der Waals surface area contributed by atoms with Gasteiger partial charge in [-0.25, -0.2) is 4.79 Å². The molecule has 3 N–H and O–H groups in total. The van der Waals surface area contributed by atoms with Gasteiger partial charge >= 0.3 is 6.03 Å². The highest BCUT2D eigenvalue weighted by Gasteiger charge is 2.09. The molecule has 0 saturated carbocycles. The third-order valence-electron chi connectivity index (χ3n) is 3.02. The van der Waals surface area contributed by atoms with Crippen LogP contribution in [0, 0.1) is 5.92 Å². The standard InChI is InChI=1S/C14H22N2O3/c1-3-11(8-9-17)10-15-14(18)16-12-6-4-5-7-13(12)19-2/h4-7,11,17H,3,8-10H2,1-2H3,(H2,15,16,18). The first-order chi connectivity index (χ1) is 9.21. The number of carbonyl (C=O) groups excluding carboxylic acids is 1. The van der Waals surface area contributed by atoms with Crippen molar-refractivity contribution < 1.29 is 14.6 Å². The molecule has 1 unspecified atom stereocenters. The fourth-order valence-corrected chi connectivity index (χ4v) is 1.78. The summed E-state index contributed by atoms with van der Waals surface area (Å²) in [6.45, 7) is 2.74. The zero-order chi connectivity index (χ0) is 14.1. The van der Waals surface area contributed by atoms with Crippen molar-refractivity contribution in [1.29, 1.82) is 0 Å². The first-order valence-electron chi connectivity index (χ1n) is 6.50. The second-order valence-corrected chi connectivity index (χ2v) is 4.32. The lowest BCUT2D eigenvalue weighted by molar-refractivity contribution is 0.238. The van der Waals surface area contributed by atoms with Crippen molar-refractivity contribution in [1.82, 2.24) is 5.32 Å². The number of aliphatic hydroxyl groups is 1. The van der Waals surface area contributed by atoms with Gasteiger partial charge in [-0.3, -0.25) is 0 Å². The van der Waals surface area contributed by atoms with Gasteiger partial charge in [-0.15, -0.1) is 0 Å². The lowest BCUT2D eigenvalue weighted by atomic mass is 10.0. The zero-order valence-corrected chi connectivity index (χ0v) is 11.5. The number of nitrogens with one attached hydrogen (secondary N) is 2. The molecule has 106 valence electrons. The summed E-state index contributed by atoms with van der Waals surface area (Å²) in [5, 5.41) is 14.4. The highest BCUT2D eigenvalue weighted by atomic mass is 16.5. The maximum atomic E-state index is 11.8. The molecule has 0 aromatic heterocycles. The average molecular weight is 266 g/mol. The van der Waals surface area contributed by atoms with Crippen molar-refractivity contribution in [2.75, 3.05) is 25.6 Å². The van der Waals surface area contributed by atoms with Crippen molar-refractivity contribution in [3.63, 3.8) is 0 Å². The van der Waals surface area contributed by atoms with Gasteiger partial charge in [0.25, 0.3) is 0 Å². The average Bonchev–Trinajstić information content (AvgIpc) is 2.44. The van der Waals surface area contributed by atoms with Gasteiger partial charge in [0, 0.05) is 13.2 Å². The third kappa shape index (κ3) is 5.18. The van der Waals surface area contributed by atoms with E-state index in [0.29, 0.717) is 30.3 Å². The Hall–Kier alpha value is -1.75. The molecule has 0 aliphatic heterocycles. The molecule has 1 aromatic rings. The SMILES string of the molecule is CCC(CCO)CNC(=O)Nc1ccccc1OC. The first-order valence-corrected chi connectivity index (χ1v) is 6.50. The van der Waals surface area contributed by atoms with Crippen LogP contribution in [0.25, 0.3) is 0 Å². The third-order valence-corrected chi connectivity index (χ3v) is 3.02. The smallest absolute Gasteiger partial charge is 0.319 e. The Labute approximate surface area is 114 Å². The highest BCUT2D eigenvalue weighted by Crippen LogP contribution is 2.22. The number of amides is 2. The summed E-state index contributed by atoms with van der Waals surface area (Å²) < 4.78 is 5.16. The number of urea groups is 1. The minimum atomic E-state index is -0.263. The molecule has 0 spiro atoms. The topological polar surface area (TPSA) is 70.6 Å². The molecule has 5 heteroatoms. The molecular formula is C14H22N2O3. The second-order valence-electron chi connectivity index (χ2n) is 4.32. The predicted octanol–water partition coefficient (Wildman–Crippen LogP) is 2.23. The molecule has 0 fully saturated rings.